The van der Waals surface area contributed by atoms with E-state index in [1.807, 2.05) is 6.92 Å². The van der Waals surface area contributed by atoms with Crippen molar-refractivity contribution in [2.75, 3.05) is 0 Å². The second-order valence-corrected chi connectivity index (χ2v) is 7.15. The number of aromatic carboxylic acids is 1. The summed E-state index contributed by atoms with van der Waals surface area (Å²) in [7, 11) is 0. The minimum absolute atomic E-state index is 0.0352. The molecule has 0 aliphatic rings. The number of aromatic nitrogens is 2. The van der Waals surface area contributed by atoms with Gasteiger partial charge in [-0.15, -0.1) is 0 Å². The van der Waals surface area contributed by atoms with Crippen molar-refractivity contribution in [2.45, 2.75) is 26.5 Å². The molecule has 0 fully saturated rings. The number of hydrogen-bond donors (Lipinski definition) is 1. The highest BCUT2D eigenvalue weighted by atomic mass is 35.5. The molecule has 0 bridgehead atoms. The number of hydrogen-bond acceptors (Lipinski definition) is 3. The van der Waals surface area contributed by atoms with E-state index in [9.17, 15) is 9.18 Å². The van der Waals surface area contributed by atoms with Gasteiger partial charge >= 0.3 is 5.97 Å². The quantitative estimate of drug-likeness (QED) is 0.567. The van der Waals surface area contributed by atoms with Gasteiger partial charge in [0.2, 0.25) is 0 Å². The maximum atomic E-state index is 13.2. The normalized spacial score (nSPS) is 12.0. The number of benzene rings is 2. The molecule has 3 aromatic rings. The summed E-state index contributed by atoms with van der Waals surface area (Å²) in [5, 5.41) is 14.1. The average molecular weight is 423 g/mol. The van der Waals surface area contributed by atoms with Gasteiger partial charge in [-0.1, -0.05) is 29.3 Å². The highest BCUT2D eigenvalue weighted by molar-refractivity contribution is 6.31. The Morgan fingerprint density at radius 1 is 1.25 bits per heavy atom. The fraction of sp³-hybridized carbons (Fsp3) is 0.200. The summed E-state index contributed by atoms with van der Waals surface area (Å²) in [5.74, 6) is -0.968. The van der Waals surface area contributed by atoms with E-state index in [4.69, 9.17) is 33.0 Å². The molecule has 1 unspecified atom stereocenters. The van der Waals surface area contributed by atoms with E-state index in [1.54, 1.807) is 35.9 Å². The van der Waals surface area contributed by atoms with Crippen LogP contribution < -0.4 is 4.74 Å². The molecule has 0 saturated heterocycles. The van der Waals surface area contributed by atoms with Crippen molar-refractivity contribution in [1.82, 2.24) is 9.78 Å². The molecule has 3 rings (SSSR count). The molecule has 28 heavy (non-hydrogen) atoms. The zero-order valence-corrected chi connectivity index (χ0v) is 16.6. The third-order valence-corrected chi connectivity index (χ3v) is 4.92. The molecule has 5 nitrogen and oxygen atoms in total. The highest BCUT2D eigenvalue weighted by Crippen LogP contribution is 2.32. The van der Waals surface area contributed by atoms with Gasteiger partial charge in [0.25, 0.3) is 0 Å². The van der Waals surface area contributed by atoms with Gasteiger partial charge in [0.1, 0.15) is 18.2 Å². The molecule has 0 saturated carbocycles. The summed E-state index contributed by atoms with van der Waals surface area (Å²) in [6, 6.07) is 10.4. The van der Waals surface area contributed by atoms with Crippen molar-refractivity contribution in [2.24, 2.45) is 0 Å². The van der Waals surface area contributed by atoms with Crippen LogP contribution in [0.2, 0.25) is 10.0 Å². The largest absolute Gasteiger partial charge is 0.488 e. The monoisotopic (exact) mass is 422 g/mol. The molecule has 0 radical (unpaired) electrons. The Bertz CT molecular complexity index is 1040. The van der Waals surface area contributed by atoms with Crippen LogP contribution in [0.5, 0.6) is 5.75 Å². The molecular weight excluding hydrogens is 406 g/mol. The van der Waals surface area contributed by atoms with Gasteiger partial charge in [0.15, 0.2) is 5.69 Å². The van der Waals surface area contributed by atoms with Crippen molar-refractivity contribution in [1.29, 1.82) is 0 Å². The molecule has 1 aromatic heterocycles. The second-order valence-electron chi connectivity index (χ2n) is 6.30. The molecule has 0 aliphatic carbocycles. The Morgan fingerprint density at radius 2 is 2.00 bits per heavy atom. The van der Waals surface area contributed by atoms with Crippen LogP contribution in [0.3, 0.4) is 0 Å². The van der Waals surface area contributed by atoms with Crippen LogP contribution in [-0.4, -0.2) is 20.9 Å². The topological polar surface area (TPSA) is 64.3 Å². The van der Waals surface area contributed by atoms with Gasteiger partial charge in [0.05, 0.1) is 11.1 Å². The number of nitrogens with zero attached hydrogens (tertiary/aromatic N) is 2. The first kappa shape index (κ1) is 20.2. The molecule has 0 aliphatic heterocycles. The lowest BCUT2D eigenvalue weighted by Crippen LogP contribution is -2.13. The van der Waals surface area contributed by atoms with Gasteiger partial charge in [-0.3, -0.25) is 4.68 Å². The van der Waals surface area contributed by atoms with E-state index in [1.165, 1.54) is 18.2 Å². The summed E-state index contributed by atoms with van der Waals surface area (Å²) in [6.45, 7) is 3.78. The van der Waals surface area contributed by atoms with Crippen molar-refractivity contribution < 1.29 is 19.0 Å². The van der Waals surface area contributed by atoms with Crippen molar-refractivity contribution in [3.05, 3.63) is 80.8 Å². The number of carboxylic acids is 1. The predicted molar refractivity (Wildman–Crippen MR) is 105 cm³/mol. The first-order chi connectivity index (χ1) is 13.3. The van der Waals surface area contributed by atoms with Crippen LogP contribution >= 0.6 is 23.2 Å². The molecule has 1 atom stereocenters. The number of halogens is 3. The number of ether oxygens (including phenoxy) is 1. The lowest BCUT2D eigenvalue weighted by atomic mass is 10.1. The SMILES string of the molecule is Cc1cc(C(=O)O)nn1C(C)c1cc(Cl)ccc1OCc1ccc(F)cc1Cl. The maximum Gasteiger partial charge on any atom is 0.356 e. The Balaban J connectivity index is 1.91. The molecule has 0 amide bonds. The highest BCUT2D eigenvalue weighted by Gasteiger charge is 2.20. The van der Waals surface area contributed by atoms with Crippen LogP contribution in [-0.2, 0) is 6.61 Å². The Labute approximate surface area is 171 Å². The van der Waals surface area contributed by atoms with Gasteiger partial charge in [-0.2, -0.15) is 5.10 Å². The number of carbonyl (C=O) groups is 1. The predicted octanol–water partition coefficient (Wildman–Crippen LogP) is 5.52. The third-order valence-electron chi connectivity index (χ3n) is 4.33. The van der Waals surface area contributed by atoms with Gasteiger partial charge < -0.3 is 9.84 Å². The van der Waals surface area contributed by atoms with Crippen LogP contribution in [0.4, 0.5) is 4.39 Å². The van der Waals surface area contributed by atoms with E-state index >= 15 is 0 Å². The minimum atomic E-state index is -1.09. The van der Waals surface area contributed by atoms with Crippen molar-refractivity contribution >= 4 is 29.2 Å². The zero-order valence-electron chi connectivity index (χ0n) is 15.1. The van der Waals surface area contributed by atoms with Crippen LogP contribution in [0.15, 0.2) is 42.5 Å². The van der Waals surface area contributed by atoms with Crippen LogP contribution in [0, 0.1) is 12.7 Å². The zero-order chi connectivity index (χ0) is 20.4. The number of aryl methyl sites for hydroxylation is 1. The molecule has 1 N–H and O–H groups in total. The maximum absolute atomic E-state index is 13.2. The molecular formula is C20H17Cl2FN2O3. The van der Waals surface area contributed by atoms with E-state index in [0.29, 0.717) is 22.0 Å². The summed E-state index contributed by atoms with van der Waals surface area (Å²) < 4.78 is 20.7. The average Bonchev–Trinajstić information content (AvgIpc) is 3.03. The van der Waals surface area contributed by atoms with Crippen LogP contribution in [0.25, 0.3) is 0 Å². The van der Waals surface area contributed by atoms with Crippen LogP contribution in [0.1, 0.15) is 40.3 Å². The van der Waals surface area contributed by atoms with E-state index in [0.717, 1.165) is 5.56 Å². The first-order valence-corrected chi connectivity index (χ1v) is 9.17. The van der Waals surface area contributed by atoms with E-state index < -0.39 is 11.8 Å². The Morgan fingerprint density at radius 3 is 2.64 bits per heavy atom. The lowest BCUT2D eigenvalue weighted by Gasteiger charge is -2.19. The Hall–Kier alpha value is -2.57. The molecule has 1 heterocycles. The molecule has 0 spiro atoms. The minimum Gasteiger partial charge on any atom is -0.488 e. The third kappa shape index (κ3) is 4.29. The molecule has 2 aromatic carbocycles. The van der Waals surface area contributed by atoms with Crippen molar-refractivity contribution in [3.8, 4) is 5.75 Å². The molecule has 146 valence electrons. The van der Waals surface area contributed by atoms with E-state index in [-0.39, 0.29) is 23.4 Å². The molecule has 8 heteroatoms. The second kappa shape index (κ2) is 8.20. The lowest BCUT2D eigenvalue weighted by molar-refractivity contribution is 0.0689. The summed E-state index contributed by atoms with van der Waals surface area (Å²) in [5.41, 5.74) is 2.03. The summed E-state index contributed by atoms with van der Waals surface area (Å²) >= 11 is 12.2. The first-order valence-electron chi connectivity index (χ1n) is 8.42. The van der Waals surface area contributed by atoms with Gasteiger partial charge in [-0.05, 0) is 50.2 Å². The Kier molecular flexibility index (Phi) is 5.91. The van der Waals surface area contributed by atoms with Gasteiger partial charge in [0, 0.05) is 21.8 Å². The van der Waals surface area contributed by atoms with Crippen molar-refractivity contribution in [3.63, 3.8) is 0 Å². The van der Waals surface area contributed by atoms with Gasteiger partial charge in [-0.25, -0.2) is 9.18 Å². The standard InChI is InChI=1S/C20H17Cl2FN2O3/c1-11-7-18(20(26)27)24-25(11)12(2)16-8-14(21)4-6-19(16)28-10-13-3-5-15(23)9-17(13)22/h3-9,12H,10H2,1-2H3,(H,26,27). The fourth-order valence-corrected chi connectivity index (χ4v) is 3.29. The van der Waals surface area contributed by atoms with E-state index in [2.05, 4.69) is 5.10 Å². The summed E-state index contributed by atoms with van der Waals surface area (Å²) in [6.07, 6.45) is 0. The summed E-state index contributed by atoms with van der Waals surface area (Å²) in [4.78, 5) is 11.2. The number of rotatable bonds is 6. The number of carboxylic acid groups (broad SMARTS) is 1. The fourth-order valence-electron chi connectivity index (χ4n) is 2.89. The smallest absolute Gasteiger partial charge is 0.356 e.